The zero-order valence-electron chi connectivity index (χ0n) is 14.2. The lowest BCUT2D eigenvalue weighted by molar-refractivity contribution is -0.156. The third-order valence-corrected chi connectivity index (χ3v) is 5.28. The van der Waals surface area contributed by atoms with Gasteiger partial charge >= 0.3 is 11.9 Å². The number of rotatable bonds is 4. The molecule has 2 fully saturated rings. The summed E-state index contributed by atoms with van der Waals surface area (Å²) in [4.78, 5) is 26.9. The molecule has 0 N–H and O–H groups in total. The van der Waals surface area contributed by atoms with Gasteiger partial charge in [0.25, 0.3) is 0 Å². The van der Waals surface area contributed by atoms with Crippen molar-refractivity contribution >= 4 is 11.9 Å². The van der Waals surface area contributed by atoms with E-state index in [4.69, 9.17) is 14.2 Å². The smallest absolute Gasteiger partial charge is 0.338 e. The number of piperidine rings is 1. The number of methoxy groups -OCH3 is 2. The number of hydrogen-bond acceptors (Lipinski definition) is 6. The van der Waals surface area contributed by atoms with E-state index in [1.54, 1.807) is 31.4 Å². The van der Waals surface area contributed by atoms with E-state index in [1.165, 1.54) is 7.11 Å². The maximum atomic E-state index is 12.4. The van der Waals surface area contributed by atoms with Crippen molar-refractivity contribution in [1.29, 1.82) is 0 Å². The van der Waals surface area contributed by atoms with Crippen LogP contribution in [0, 0.1) is 5.92 Å². The fourth-order valence-electron chi connectivity index (χ4n) is 4.02. The van der Waals surface area contributed by atoms with Crippen molar-refractivity contribution < 1.29 is 23.8 Å². The topological polar surface area (TPSA) is 65.1 Å². The number of carbonyl (C=O) groups is 2. The van der Waals surface area contributed by atoms with Gasteiger partial charge in [-0.3, -0.25) is 9.69 Å². The Hall–Kier alpha value is -1.92. The zero-order valence-corrected chi connectivity index (χ0v) is 14.2. The lowest BCUT2D eigenvalue weighted by Crippen LogP contribution is -2.54. The number of likely N-dealkylation sites (N-methyl/N-ethyl adjacent to an activating group) is 1. The van der Waals surface area contributed by atoms with Crippen molar-refractivity contribution in [3.05, 3.63) is 35.9 Å². The highest BCUT2D eigenvalue weighted by atomic mass is 16.6. The molecular formula is C18H23NO5. The highest BCUT2D eigenvalue weighted by molar-refractivity contribution is 5.89. The van der Waals surface area contributed by atoms with Gasteiger partial charge in [-0.15, -0.1) is 0 Å². The molecule has 6 heteroatoms. The molecule has 2 bridgehead atoms. The Morgan fingerprint density at radius 1 is 1.04 bits per heavy atom. The van der Waals surface area contributed by atoms with Gasteiger partial charge in [0.05, 0.1) is 18.8 Å². The second-order valence-electron chi connectivity index (χ2n) is 6.40. The van der Waals surface area contributed by atoms with Crippen LogP contribution >= 0.6 is 0 Å². The predicted molar refractivity (Wildman–Crippen MR) is 86.5 cm³/mol. The monoisotopic (exact) mass is 333 g/mol. The average molecular weight is 333 g/mol. The van der Waals surface area contributed by atoms with E-state index < -0.39 is 18.0 Å². The molecule has 2 heterocycles. The molecule has 2 aliphatic heterocycles. The minimum Gasteiger partial charge on any atom is -0.469 e. The van der Waals surface area contributed by atoms with Gasteiger partial charge in [-0.05, 0) is 25.6 Å². The largest absolute Gasteiger partial charge is 0.469 e. The number of hydrogen-bond donors (Lipinski definition) is 0. The molecule has 0 aliphatic carbocycles. The van der Waals surface area contributed by atoms with Gasteiger partial charge in [-0.25, -0.2) is 4.79 Å². The van der Waals surface area contributed by atoms with Crippen LogP contribution in [0.5, 0.6) is 0 Å². The Morgan fingerprint density at radius 2 is 1.71 bits per heavy atom. The fourth-order valence-corrected chi connectivity index (χ4v) is 4.02. The van der Waals surface area contributed by atoms with Crippen molar-refractivity contribution in [3.8, 4) is 0 Å². The molecular weight excluding hydrogens is 310 g/mol. The Morgan fingerprint density at radius 3 is 2.33 bits per heavy atom. The Bertz CT molecular complexity index is 605. The maximum absolute atomic E-state index is 12.4. The van der Waals surface area contributed by atoms with E-state index in [0.29, 0.717) is 12.0 Å². The zero-order chi connectivity index (χ0) is 17.3. The van der Waals surface area contributed by atoms with Crippen LogP contribution in [0.1, 0.15) is 23.2 Å². The summed E-state index contributed by atoms with van der Waals surface area (Å²) in [5, 5.41) is 0. The average Bonchev–Trinajstić information content (AvgIpc) is 2.81. The highest BCUT2D eigenvalue weighted by Gasteiger charge is 2.55. The van der Waals surface area contributed by atoms with Gasteiger partial charge < -0.3 is 14.2 Å². The first-order valence-corrected chi connectivity index (χ1v) is 8.15. The number of fused-ring (bicyclic) bond motifs is 2. The fraction of sp³-hybridized carbons (Fsp3) is 0.556. The van der Waals surface area contributed by atoms with E-state index in [2.05, 4.69) is 4.90 Å². The van der Waals surface area contributed by atoms with Crippen LogP contribution in [0.4, 0.5) is 0 Å². The van der Waals surface area contributed by atoms with Crippen LogP contribution in [0.15, 0.2) is 30.3 Å². The molecule has 5 atom stereocenters. The standard InChI is InChI=1S/C18H23NO5/c1-19-12-9-15(24-17(20)11-7-5-4-6-8-11)16(18(21)23-3)13(19)10-14(12)22-2/h4-8,12-16H,9-10H2,1-3H3/t12-,13-,14+,15+,16-/m0/s1. The Kier molecular flexibility index (Phi) is 4.87. The van der Waals surface area contributed by atoms with Crippen molar-refractivity contribution in [2.45, 2.75) is 37.1 Å². The molecule has 130 valence electrons. The predicted octanol–water partition coefficient (Wildman–Crippen LogP) is 1.49. The maximum Gasteiger partial charge on any atom is 0.338 e. The molecule has 0 aromatic heterocycles. The lowest BCUT2D eigenvalue weighted by atomic mass is 9.87. The molecule has 2 saturated heterocycles. The molecule has 0 radical (unpaired) electrons. The molecule has 0 amide bonds. The molecule has 1 aromatic carbocycles. The van der Waals surface area contributed by atoms with E-state index in [9.17, 15) is 9.59 Å². The van der Waals surface area contributed by atoms with E-state index >= 15 is 0 Å². The summed E-state index contributed by atoms with van der Waals surface area (Å²) in [6.07, 6.45) is 0.824. The number of benzene rings is 1. The summed E-state index contributed by atoms with van der Waals surface area (Å²) in [6.45, 7) is 0. The second-order valence-corrected chi connectivity index (χ2v) is 6.40. The summed E-state index contributed by atoms with van der Waals surface area (Å²) in [5.74, 6) is -1.25. The van der Waals surface area contributed by atoms with Crippen molar-refractivity contribution in [1.82, 2.24) is 4.90 Å². The van der Waals surface area contributed by atoms with Gasteiger partial charge in [0.2, 0.25) is 0 Å². The lowest BCUT2D eigenvalue weighted by Gasteiger charge is -2.40. The molecule has 1 aromatic rings. The molecule has 0 saturated carbocycles. The van der Waals surface area contributed by atoms with Crippen LogP contribution in [0.25, 0.3) is 0 Å². The van der Waals surface area contributed by atoms with E-state index in [0.717, 1.165) is 6.42 Å². The number of esters is 2. The van der Waals surface area contributed by atoms with Crippen molar-refractivity contribution in [2.75, 3.05) is 21.3 Å². The third-order valence-electron chi connectivity index (χ3n) is 5.28. The molecule has 24 heavy (non-hydrogen) atoms. The first-order valence-electron chi connectivity index (χ1n) is 8.15. The van der Waals surface area contributed by atoms with Gasteiger partial charge in [0.15, 0.2) is 0 Å². The van der Waals surface area contributed by atoms with E-state index in [-0.39, 0.29) is 24.2 Å². The summed E-state index contributed by atoms with van der Waals surface area (Å²) in [6, 6.07) is 8.91. The minimum absolute atomic E-state index is 0.0348. The summed E-state index contributed by atoms with van der Waals surface area (Å²) >= 11 is 0. The van der Waals surface area contributed by atoms with Crippen molar-refractivity contribution in [3.63, 3.8) is 0 Å². The third kappa shape index (κ3) is 2.91. The highest BCUT2D eigenvalue weighted by Crippen LogP contribution is 2.41. The van der Waals surface area contributed by atoms with Gasteiger partial charge in [0, 0.05) is 25.6 Å². The first kappa shape index (κ1) is 16.9. The molecule has 0 spiro atoms. The summed E-state index contributed by atoms with van der Waals surface area (Å²) in [7, 11) is 5.03. The van der Waals surface area contributed by atoms with Gasteiger partial charge in [0.1, 0.15) is 12.0 Å². The molecule has 0 unspecified atom stereocenters. The first-order chi connectivity index (χ1) is 11.6. The second kappa shape index (κ2) is 6.91. The summed E-state index contributed by atoms with van der Waals surface area (Å²) < 4.78 is 16.3. The Balaban J connectivity index is 1.83. The van der Waals surface area contributed by atoms with Crippen LogP contribution in [-0.2, 0) is 19.0 Å². The number of carbonyl (C=O) groups excluding carboxylic acids is 2. The normalized spacial score (nSPS) is 32.4. The molecule has 6 nitrogen and oxygen atoms in total. The van der Waals surface area contributed by atoms with Crippen molar-refractivity contribution in [2.24, 2.45) is 5.92 Å². The quantitative estimate of drug-likeness (QED) is 0.778. The van der Waals surface area contributed by atoms with Crippen LogP contribution in [0.2, 0.25) is 0 Å². The molecule has 2 aliphatic rings. The molecule has 3 rings (SSSR count). The van der Waals surface area contributed by atoms with Crippen LogP contribution < -0.4 is 0 Å². The Labute approximate surface area is 141 Å². The van der Waals surface area contributed by atoms with E-state index in [1.807, 2.05) is 13.1 Å². The number of ether oxygens (including phenoxy) is 3. The minimum atomic E-state index is -0.503. The van der Waals surface area contributed by atoms with Gasteiger partial charge in [-0.2, -0.15) is 0 Å². The van der Waals surface area contributed by atoms with Crippen LogP contribution in [0.3, 0.4) is 0 Å². The van der Waals surface area contributed by atoms with Crippen LogP contribution in [-0.4, -0.2) is 62.4 Å². The number of nitrogens with zero attached hydrogens (tertiary/aromatic N) is 1. The SMILES string of the molecule is COC(=O)[C@@H]1[C@H](OC(=O)c2ccccc2)C[C@H]2[C@H](OC)C[C@@H]1N2C. The summed E-state index contributed by atoms with van der Waals surface area (Å²) in [5.41, 5.74) is 0.482. The van der Waals surface area contributed by atoms with Gasteiger partial charge in [-0.1, -0.05) is 18.2 Å².